The van der Waals surface area contributed by atoms with Gasteiger partial charge in [0.25, 0.3) is 0 Å². The smallest absolute Gasteiger partial charge is 0.0691 e. The van der Waals surface area contributed by atoms with Gasteiger partial charge in [0.15, 0.2) is 0 Å². The van der Waals surface area contributed by atoms with E-state index >= 15 is 0 Å². The summed E-state index contributed by atoms with van der Waals surface area (Å²) in [6.45, 7) is 5.21. The van der Waals surface area contributed by atoms with Crippen LogP contribution in [-0.2, 0) is 13.0 Å². The van der Waals surface area contributed by atoms with Crippen molar-refractivity contribution in [3.05, 3.63) is 18.0 Å². The molecule has 3 nitrogen and oxygen atoms in total. The van der Waals surface area contributed by atoms with Gasteiger partial charge >= 0.3 is 0 Å². The van der Waals surface area contributed by atoms with E-state index < -0.39 is 5.60 Å². The Labute approximate surface area is 104 Å². The van der Waals surface area contributed by atoms with Crippen LogP contribution in [0.2, 0.25) is 0 Å². The van der Waals surface area contributed by atoms with Crippen LogP contribution in [-0.4, -0.2) is 20.5 Å². The van der Waals surface area contributed by atoms with E-state index in [-0.39, 0.29) is 0 Å². The van der Waals surface area contributed by atoms with Crippen LogP contribution < -0.4 is 0 Å². The number of aromatic nitrogens is 2. The van der Waals surface area contributed by atoms with Gasteiger partial charge in [-0.1, -0.05) is 26.2 Å². The Hall–Kier alpha value is -0.830. The summed E-state index contributed by atoms with van der Waals surface area (Å²) in [7, 11) is 0. The fraction of sp³-hybridized carbons (Fsp3) is 0.786. The highest BCUT2D eigenvalue weighted by Gasteiger charge is 2.33. The molecule has 0 aliphatic heterocycles. The lowest BCUT2D eigenvalue weighted by molar-refractivity contribution is -0.0162. The third-order valence-corrected chi connectivity index (χ3v) is 4.04. The Kier molecular flexibility index (Phi) is 3.87. The maximum Gasteiger partial charge on any atom is 0.0691 e. The number of nitrogens with zero attached hydrogens (tertiary/aromatic N) is 2. The molecule has 1 aliphatic rings. The third kappa shape index (κ3) is 3.09. The summed E-state index contributed by atoms with van der Waals surface area (Å²) in [5.74, 6) is 0.704. The first-order valence-electron chi connectivity index (χ1n) is 6.89. The van der Waals surface area contributed by atoms with Crippen LogP contribution in [0.1, 0.15) is 51.5 Å². The van der Waals surface area contributed by atoms with E-state index in [0.717, 1.165) is 32.2 Å². The van der Waals surface area contributed by atoms with Crippen molar-refractivity contribution in [3.63, 3.8) is 0 Å². The molecule has 3 heteroatoms. The fourth-order valence-corrected chi connectivity index (χ4v) is 3.02. The highest BCUT2D eigenvalue weighted by molar-refractivity contribution is 5.09. The molecule has 2 rings (SSSR count). The number of hydrogen-bond acceptors (Lipinski definition) is 2. The van der Waals surface area contributed by atoms with Crippen LogP contribution in [0, 0.1) is 5.92 Å². The minimum atomic E-state index is -0.486. The summed E-state index contributed by atoms with van der Waals surface area (Å²) in [6, 6.07) is 0. The maximum absolute atomic E-state index is 10.7. The Morgan fingerprint density at radius 3 is 3.00 bits per heavy atom. The van der Waals surface area contributed by atoms with Crippen molar-refractivity contribution in [1.29, 1.82) is 0 Å². The quantitative estimate of drug-likeness (QED) is 0.873. The molecule has 0 amide bonds. The zero-order valence-electron chi connectivity index (χ0n) is 11.0. The maximum atomic E-state index is 10.7. The molecule has 1 heterocycles. The van der Waals surface area contributed by atoms with Gasteiger partial charge < -0.3 is 5.11 Å². The second-order valence-corrected chi connectivity index (χ2v) is 5.48. The standard InChI is InChI=1S/C14H24N2O/c1-3-12-6-5-7-14(17,8-12)9-13-10-15-16(4-2)11-13/h10-12,17H,3-9H2,1-2H3. The van der Waals surface area contributed by atoms with E-state index in [1.54, 1.807) is 0 Å². The summed E-state index contributed by atoms with van der Waals surface area (Å²) < 4.78 is 1.93. The van der Waals surface area contributed by atoms with E-state index in [0.29, 0.717) is 5.92 Å². The zero-order valence-corrected chi connectivity index (χ0v) is 11.0. The molecule has 96 valence electrons. The molecule has 1 N–H and O–H groups in total. The van der Waals surface area contributed by atoms with Crippen LogP contribution >= 0.6 is 0 Å². The first kappa shape index (κ1) is 12.6. The predicted octanol–water partition coefficient (Wildman–Crippen LogP) is 2.78. The largest absolute Gasteiger partial charge is 0.390 e. The highest BCUT2D eigenvalue weighted by Crippen LogP contribution is 2.36. The molecule has 2 atom stereocenters. The lowest BCUT2D eigenvalue weighted by atomic mass is 9.74. The van der Waals surface area contributed by atoms with E-state index in [2.05, 4.69) is 25.1 Å². The van der Waals surface area contributed by atoms with Crippen LogP contribution in [0.25, 0.3) is 0 Å². The van der Waals surface area contributed by atoms with E-state index in [9.17, 15) is 5.11 Å². The van der Waals surface area contributed by atoms with Crippen molar-refractivity contribution >= 4 is 0 Å². The molecule has 0 saturated heterocycles. The van der Waals surface area contributed by atoms with Gasteiger partial charge in [-0.25, -0.2) is 0 Å². The van der Waals surface area contributed by atoms with Crippen LogP contribution in [0.4, 0.5) is 0 Å². The number of aliphatic hydroxyl groups is 1. The van der Waals surface area contributed by atoms with Gasteiger partial charge in [0.1, 0.15) is 0 Å². The summed E-state index contributed by atoms with van der Waals surface area (Å²) >= 11 is 0. The van der Waals surface area contributed by atoms with Crippen LogP contribution in [0.5, 0.6) is 0 Å². The van der Waals surface area contributed by atoms with E-state index in [4.69, 9.17) is 0 Å². The molecule has 1 saturated carbocycles. The minimum absolute atomic E-state index is 0.486. The van der Waals surface area contributed by atoms with Gasteiger partial charge in [0.2, 0.25) is 0 Å². The van der Waals surface area contributed by atoms with Crippen molar-refractivity contribution in [2.24, 2.45) is 5.92 Å². The molecule has 2 unspecified atom stereocenters. The zero-order chi connectivity index (χ0) is 12.3. The molecule has 0 aromatic carbocycles. The summed E-state index contributed by atoms with van der Waals surface area (Å²) in [6.07, 6.45) is 10.3. The number of aryl methyl sites for hydroxylation is 1. The van der Waals surface area contributed by atoms with Crippen molar-refractivity contribution < 1.29 is 5.11 Å². The number of rotatable bonds is 4. The van der Waals surface area contributed by atoms with Gasteiger partial charge in [0, 0.05) is 19.2 Å². The van der Waals surface area contributed by atoms with Crippen molar-refractivity contribution in [2.75, 3.05) is 0 Å². The summed E-state index contributed by atoms with van der Waals surface area (Å²) in [4.78, 5) is 0. The number of hydrogen-bond donors (Lipinski definition) is 1. The predicted molar refractivity (Wildman–Crippen MR) is 68.8 cm³/mol. The molecule has 0 radical (unpaired) electrons. The van der Waals surface area contributed by atoms with E-state index in [1.165, 1.54) is 18.4 Å². The highest BCUT2D eigenvalue weighted by atomic mass is 16.3. The van der Waals surface area contributed by atoms with Gasteiger partial charge in [-0.15, -0.1) is 0 Å². The lowest BCUT2D eigenvalue weighted by Gasteiger charge is -2.36. The van der Waals surface area contributed by atoms with Gasteiger partial charge in [-0.05, 0) is 31.2 Å². The molecule has 17 heavy (non-hydrogen) atoms. The Balaban J connectivity index is 2.00. The minimum Gasteiger partial charge on any atom is -0.390 e. The SMILES string of the molecule is CCC1CCCC(O)(Cc2cnn(CC)c2)C1. The van der Waals surface area contributed by atoms with Gasteiger partial charge in [0.05, 0.1) is 11.8 Å². The molecular weight excluding hydrogens is 212 g/mol. The van der Waals surface area contributed by atoms with E-state index in [1.807, 2.05) is 10.9 Å². The van der Waals surface area contributed by atoms with Crippen molar-refractivity contribution in [3.8, 4) is 0 Å². The average molecular weight is 236 g/mol. The second kappa shape index (κ2) is 5.21. The van der Waals surface area contributed by atoms with Crippen molar-refractivity contribution in [2.45, 2.75) is 64.5 Å². The average Bonchev–Trinajstić information content (AvgIpc) is 2.76. The monoisotopic (exact) mass is 236 g/mol. The lowest BCUT2D eigenvalue weighted by Crippen LogP contribution is -2.37. The fourth-order valence-electron chi connectivity index (χ4n) is 3.02. The molecular formula is C14H24N2O. The normalized spacial score (nSPS) is 29.5. The molecule has 1 aliphatic carbocycles. The molecule has 0 spiro atoms. The summed E-state index contributed by atoms with van der Waals surface area (Å²) in [5, 5.41) is 14.9. The van der Waals surface area contributed by atoms with Crippen LogP contribution in [0.3, 0.4) is 0 Å². The Morgan fingerprint density at radius 1 is 1.53 bits per heavy atom. The first-order chi connectivity index (χ1) is 8.15. The Bertz CT molecular complexity index is 361. The first-order valence-corrected chi connectivity index (χ1v) is 6.89. The molecule has 1 fully saturated rings. The van der Waals surface area contributed by atoms with Crippen molar-refractivity contribution in [1.82, 2.24) is 9.78 Å². The Morgan fingerprint density at radius 2 is 2.35 bits per heavy atom. The molecule has 1 aromatic rings. The molecule has 0 bridgehead atoms. The van der Waals surface area contributed by atoms with Gasteiger partial charge in [-0.2, -0.15) is 5.10 Å². The second-order valence-electron chi connectivity index (χ2n) is 5.48. The van der Waals surface area contributed by atoms with Gasteiger partial charge in [-0.3, -0.25) is 4.68 Å². The van der Waals surface area contributed by atoms with Crippen LogP contribution in [0.15, 0.2) is 12.4 Å². The third-order valence-electron chi connectivity index (χ3n) is 4.04. The molecule has 1 aromatic heterocycles. The topological polar surface area (TPSA) is 38.1 Å². The summed E-state index contributed by atoms with van der Waals surface area (Å²) in [5.41, 5.74) is 0.687.